The smallest absolute Gasteiger partial charge is 0.328 e. The number of methoxy groups -OCH3 is 1. The van der Waals surface area contributed by atoms with E-state index in [1.165, 1.54) is 18.7 Å². The molecule has 0 bridgehead atoms. The number of barbiturate groups is 1. The predicted octanol–water partition coefficient (Wildman–Crippen LogP) is 3.42. The maximum absolute atomic E-state index is 11.9. The van der Waals surface area contributed by atoms with E-state index in [2.05, 4.69) is 26.0 Å². The average molecular weight is 438 g/mol. The number of carbonyl (C=O) groups excluding carboxylic acids is 3. The van der Waals surface area contributed by atoms with E-state index in [4.69, 9.17) is 14.2 Å². The van der Waals surface area contributed by atoms with Crippen LogP contribution in [0.25, 0.3) is 6.08 Å². The molecule has 1 unspecified atom stereocenters. The Morgan fingerprint density at radius 1 is 0.906 bits per heavy atom. The Morgan fingerprint density at radius 2 is 1.56 bits per heavy atom. The van der Waals surface area contributed by atoms with E-state index in [0.29, 0.717) is 36.2 Å². The van der Waals surface area contributed by atoms with Crippen molar-refractivity contribution in [3.05, 3.63) is 59.2 Å². The lowest BCUT2D eigenvalue weighted by Crippen LogP contribution is -2.51. The fourth-order valence-electron chi connectivity index (χ4n) is 3.11. The van der Waals surface area contributed by atoms with Crippen LogP contribution in [0.15, 0.2) is 48.0 Å². The zero-order valence-electron chi connectivity index (χ0n) is 18.3. The van der Waals surface area contributed by atoms with Crippen molar-refractivity contribution in [3.8, 4) is 17.2 Å². The molecule has 1 atom stereocenters. The second-order valence-electron chi connectivity index (χ2n) is 7.28. The van der Waals surface area contributed by atoms with Crippen LogP contribution in [-0.2, 0) is 9.59 Å². The highest BCUT2D eigenvalue weighted by Crippen LogP contribution is 2.29. The largest absolute Gasteiger partial charge is 0.493 e. The second-order valence-corrected chi connectivity index (χ2v) is 7.28. The third kappa shape index (κ3) is 5.66. The van der Waals surface area contributed by atoms with Gasteiger partial charge in [0, 0.05) is 0 Å². The van der Waals surface area contributed by atoms with Crippen molar-refractivity contribution in [1.29, 1.82) is 0 Å². The fourth-order valence-corrected chi connectivity index (χ4v) is 3.11. The summed E-state index contributed by atoms with van der Waals surface area (Å²) in [5, 5.41) is 4.06. The molecule has 2 aromatic carbocycles. The van der Waals surface area contributed by atoms with Crippen LogP contribution in [0, 0.1) is 0 Å². The number of imide groups is 2. The number of urea groups is 1. The van der Waals surface area contributed by atoms with E-state index in [1.54, 1.807) is 18.2 Å². The van der Waals surface area contributed by atoms with Crippen LogP contribution < -0.4 is 24.8 Å². The van der Waals surface area contributed by atoms with E-state index in [0.717, 1.165) is 12.2 Å². The molecule has 3 rings (SSSR count). The molecule has 0 radical (unpaired) electrons. The van der Waals surface area contributed by atoms with Gasteiger partial charge in [0.25, 0.3) is 11.8 Å². The minimum Gasteiger partial charge on any atom is -0.493 e. The second kappa shape index (κ2) is 10.5. The van der Waals surface area contributed by atoms with Crippen molar-refractivity contribution >= 4 is 23.9 Å². The molecule has 168 valence electrons. The van der Waals surface area contributed by atoms with Gasteiger partial charge >= 0.3 is 6.03 Å². The topological polar surface area (TPSA) is 103 Å². The summed E-state index contributed by atoms with van der Waals surface area (Å²) in [7, 11) is 1.49. The molecule has 2 N–H and O–H groups in total. The molecule has 0 spiro atoms. The normalized spacial score (nSPS) is 14.3. The average Bonchev–Trinajstić information content (AvgIpc) is 2.79. The van der Waals surface area contributed by atoms with Crippen LogP contribution in [0.3, 0.4) is 0 Å². The van der Waals surface area contributed by atoms with Crippen LogP contribution in [0.1, 0.15) is 37.3 Å². The highest BCUT2D eigenvalue weighted by Gasteiger charge is 2.27. The lowest BCUT2D eigenvalue weighted by molar-refractivity contribution is -0.123. The van der Waals surface area contributed by atoms with Gasteiger partial charge in [-0.2, -0.15) is 0 Å². The van der Waals surface area contributed by atoms with Gasteiger partial charge in [0.05, 0.1) is 7.11 Å². The maximum atomic E-state index is 11.9. The molecule has 8 nitrogen and oxygen atoms in total. The number of rotatable bonds is 9. The zero-order valence-corrected chi connectivity index (χ0v) is 18.3. The minimum absolute atomic E-state index is 0.173. The lowest BCUT2D eigenvalue weighted by atomic mass is 9.99. The summed E-state index contributed by atoms with van der Waals surface area (Å²) in [5.41, 5.74) is 1.65. The third-order valence-electron chi connectivity index (χ3n) is 5.11. The van der Waals surface area contributed by atoms with E-state index in [9.17, 15) is 14.4 Å². The van der Waals surface area contributed by atoms with Gasteiger partial charge in [-0.3, -0.25) is 20.2 Å². The van der Waals surface area contributed by atoms with Crippen LogP contribution >= 0.6 is 0 Å². The van der Waals surface area contributed by atoms with Gasteiger partial charge in [-0.15, -0.1) is 0 Å². The molecule has 2 aromatic rings. The summed E-state index contributed by atoms with van der Waals surface area (Å²) in [4.78, 5) is 34.9. The van der Waals surface area contributed by atoms with Crippen molar-refractivity contribution in [2.75, 3.05) is 20.3 Å². The van der Waals surface area contributed by atoms with Gasteiger partial charge in [0.2, 0.25) is 0 Å². The van der Waals surface area contributed by atoms with Gasteiger partial charge in [0.15, 0.2) is 11.5 Å². The van der Waals surface area contributed by atoms with Crippen LogP contribution in [-0.4, -0.2) is 38.2 Å². The third-order valence-corrected chi connectivity index (χ3v) is 5.11. The molecule has 0 aliphatic carbocycles. The summed E-state index contributed by atoms with van der Waals surface area (Å²) in [6, 6.07) is 12.2. The van der Waals surface area contributed by atoms with Crippen molar-refractivity contribution < 1.29 is 28.6 Å². The monoisotopic (exact) mass is 438 g/mol. The number of hydrogen-bond donors (Lipinski definition) is 2. The van der Waals surface area contributed by atoms with E-state index in [-0.39, 0.29) is 5.57 Å². The molecule has 0 saturated carbocycles. The molecule has 1 aliphatic heterocycles. The maximum Gasteiger partial charge on any atom is 0.328 e. The summed E-state index contributed by atoms with van der Waals surface area (Å²) in [6.45, 7) is 5.01. The molecular weight excluding hydrogens is 412 g/mol. The Labute approximate surface area is 186 Å². The van der Waals surface area contributed by atoms with Crippen molar-refractivity contribution in [1.82, 2.24) is 10.6 Å². The van der Waals surface area contributed by atoms with E-state index >= 15 is 0 Å². The van der Waals surface area contributed by atoms with E-state index < -0.39 is 17.8 Å². The number of hydrogen-bond acceptors (Lipinski definition) is 6. The first-order valence-electron chi connectivity index (χ1n) is 10.3. The Balaban J connectivity index is 1.58. The van der Waals surface area contributed by atoms with Crippen LogP contribution in [0.2, 0.25) is 0 Å². The SMILES string of the molecule is CCC(C)c1ccc(OCCOc2ccc(C=C3C(=O)NC(=O)NC3=O)cc2OC)cc1. The quantitative estimate of drug-likeness (QED) is 0.353. The molecule has 1 aliphatic rings. The van der Waals surface area contributed by atoms with Gasteiger partial charge in [-0.1, -0.05) is 32.0 Å². The van der Waals surface area contributed by atoms with E-state index in [1.807, 2.05) is 22.8 Å². The Bertz CT molecular complexity index is 1010. The number of ether oxygens (including phenoxy) is 3. The van der Waals surface area contributed by atoms with Gasteiger partial charge in [-0.05, 0) is 53.8 Å². The first-order chi connectivity index (χ1) is 15.4. The highest BCUT2D eigenvalue weighted by molar-refractivity contribution is 6.31. The zero-order chi connectivity index (χ0) is 23.1. The lowest BCUT2D eigenvalue weighted by Gasteiger charge is -2.15. The summed E-state index contributed by atoms with van der Waals surface area (Å²) in [6.07, 6.45) is 2.46. The standard InChI is InChI=1S/C24H26N2O6/c1-4-15(2)17-6-8-18(9-7-17)31-11-12-32-20-10-5-16(14-21(20)30-3)13-19-22(27)25-24(29)26-23(19)28/h5-10,13-15H,4,11-12H2,1-3H3,(H2,25,26,27,28,29). The summed E-state index contributed by atoms with van der Waals surface area (Å²) >= 11 is 0. The molecule has 32 heavy (non-hydrogen) atoms. The fraction of sp³-hybridized carbons (Fsp3) is 0.292. The minimum atomic E-state index is -0.841. The molecular formula is C24H26N2O6. The van der Waals surface area contributed by atoms with Crippen LogP contribution in [0.4, 0.5) is 4.79 Å². The van der Waals surface area contributed by atoms with Gasteiger partial charge < -0.3 is 14.2 Å². The predicted molar refractivity (Wildman–Crippen MR) is 119 cm³/mol. The van der Waals surface area contributed by atoms with Crippen molar-refractivity contribution in [2.24, 2.45) is 0 Å². The first-order valence-corrected chi connectivity index (χ1v) is 10.3. The molecule has 1 saturated heterocycles. The number of benzene rings is 2. The summed E-state index contributed by atoms with van der Waals surface area (Å²) in [5.74, 6) is 0.711. The Kier molecular flexibility index (Phi) is 7.49. The van der Waals surface area contributed by atoms with Gasteiger partial charge in [0.1, 0.15) is 24.5 Å². The molecule has 0 aromatic heterocycles. The van der Waals surface area contributed by atoms with Crippen LogP contribution in [0.5, 0.6) is 17.2 Å². The van der Waals surface area contributed by atoms with Crippen molar-refractivity contribution in [2.45, 2.75) is 26.2 Å². The summed E-state index contributed by atoms with van der Waals surface area (Å²) < 4.78 is 16.8. The Morgan fingerprint density at radius 3 is 2.19 bits per heavy atom. The highest BCUT2D eigenvalue weighted by atomic mass is 16.5. The number of nitrogens with one attached hydrogen (secondary N) is 2. The van der Waals surface area contributed by atoms with Gasteiger partial charge in [-0.25, -0.2) is 4.79 Å². The number of carbonyl (C=O) groups is 3. The molecule has 1 heterocycles. The molecule has 4 amide bonds. The Hall–Kier alpha value is -3.81. The molecule has 1 fully saturated rings. The number of amides is 4. The first kappa shape index (κ1) is 22.9. The molecule has 8 heteroatoms. The van der Waals surface area contributed by atoms with Crippen molar-refractivity contribution in [3.63, 3.8) is 0 Å².